The quantitative estimate of drug-likeness (QED) is 0.612. The molecule has 122 valence electrons. The summed E-state index contributed by atoms with van der Waals surface area (Å²) in [7, 11) is 0. The van der Waals surface area contributed by atoms with Crippen molar-refractivity contribution in [3.8, 4) is 11.5 Å². The van der Waals surface area contributed by atoms with Crippen LogP contribution in [0.2, 0.25) is 0 Å². The van der Waals surface area contributed by atoms with E-state index in [0.29, 0.717) is 15.1 Å². The Morgan fingerprint density at radius 3 is 2.46 bits per heavy atom. The monoisotopic (exact) mass is 355 g/mol. The molecule has 24 heavy (non-hydrogen) atoms. The topological polar surface area (TPSA) is 38.3 Å². The van der Waals surface area contributed by atoms with Gasteiger partial charge < -0.3 is 10.1 Å². The molecule has 1 heterocycles. The SMILES string of the molecule is CC(C)c1ccccc1Oc1ccc(C=C2SC(=S)NC2=O)cc1. The third-order valence-corrected chi connectivity index (χ3v) is 4.75. The van der Waals surface area contributed by atoms with Gasteiger partial charge in [-0.25, -0.2) is 0 Å². The summed E-state index contributed by atoms with van der Waals surface area (Å²) in [4.78, 5) is 12.3. The first-order chi connectivity index (χ1) is 11.5. The van der Waals surface area contributed by atoms with Gasteiger partial charge in [0.15, 0.2) is 0 Å². The number of nitrogens with one attached hydrogen (secondary N) is 1. The fourth-order valence-corrected chi connectivity index (χ4v) is 3.43. The van der Waals surface area contributed by atoms with Gasteiger partial charge in [0, 0.05) is 0 Å². The average molecular weight is 355 g/mol. The maximum absolute atomic E-state index is 11.7. The van der Waals surface area contributed by atoms with Gasteiger partial charge in [0.05, 0.1) is 4.91 Å². The Kier molecular flexibility index (Phi) is 5.02. The van der Waals surface area contributed by atoms with Crippen molar-refractivity contribution in [2.75, 3.05) is 0 Å². The second kappa shape index (κ2) is 7.20. The van der Waals surface area contributed by atoms with Crippen LogP contribution in [0.25, 0.3) is 6.08 Å². The highest BCUT2D eigenvalue weighted by Gasteiger charge is 2.21. The molecule has 5 heteroatoms. The van der Waals surface area contributed by atoms with E-state index in [4.69, 9.17) is 17.0 Å². The molecule has 0 bridgehead atoms. The Morgan fingerprint density at radius 2 is 1.83 bits per heavy atom. The number of para-hydroxylation sites is 1. The van der Waals surface area contributed by atoms with E-state index in [-0.39, 0.29) is 5.91 Å². The summed E-state index contributed by atoms with van der Waals surface area (Å²) < 4.78 is 6.50. The van der Waals surface area contributed by atoms with E-state index in [9.17, 15) is 4.79 Å². The highest BCUT2D eigenvalue weighted by atomic mass is 32.2. The van der Waals surface area contributed by atoms with Gasteiger partial charge in [-0.2, -0.15) is 0 Å². The van der Waals surface area contributed by atoms with Gasteiger partial charge in [0.25, 0.3) is 5.91 Å². The third-order valence-electron chi connectivity index (χ3n) is 3.59. The van der Waals surface area contributed by atoms with Crippen molar-refractivity contribution in [2.45, 2.75) is 19.8 Å². The zero-order valence-electron chi connectivity index (χ0n) is 13.4. The minimum Gasteiger partial charge on any atom is -0.457 e. The Morgan fingerprint density at radius 1 is 1.12 bits per heavy atom. The Hall–Kier alpha value is -2.11. The molecule has 0 radical (unpaired) electrons. The number of carbonyl (C=O) groups is 1. The minimum absolute atomic E-state index is 0.142. The number of ether oxygens (including phenoxy) is 1. The molecule has 0 spiro atoms. The lowest BCUT2D eigenvalue weighted by atomic mass is 10.0. The standard InChI is InChI=1S/C19H17NO2S2/c1-12(2)15-5-3-4-6-16(15)22-14-9-7-13(8-10-14)11-17-18(21)20-19(23)24-17/h3-12H,1-2H3,(H,20,21,23). The van der Waals surface area contributed by atoms with Gasteiger partial charge in [0.1, 0.15) is 15.8 Å². The molecule has 2 aromatic rings. The van der Waals surface area contributed by atoms with Gasteiger partial charge in [-0.3, -0.25) is 4.79 Å². The second-order valence-electron chi connectivity index (χ2n) is 5.72. The molecule has 1 saturated heterocycles. The number of rotatable bonds is 4. The van der Waals surface area contributed by atoms with Crippen LogP contribution in [0.5, 0.6) is 11.5 Å². The van der Waals surface area contributed by atoms with Crippen LogP contribution in [0.3, 0.4) is 0 Å². The van der Waals surface area contributed by atoms with Crippen LogP contribution in [0.1, 0.15) is 30.9 Å². The normalized spacial score (nSPS) is 15.9. The zero-order valence-corrected chi connectivity index (χ0v) is 15.0. The highest BCUT2D eigenvalue weighted by Crippen LogP contribution is 2.31. The largest absolute Gasteiger partial charge is 0.457 e. The molecule has 1 N–H and O–H groups in total. The van der Waals surface area contributed by atoms with Crippen molar-refractivity contribution in [1.29, 1.82) is 0 Å². The molecule has 1 aliphatic heterocycles. The summed E-state index contributed by atoms with van der Waals surface area (Å²) in [5.41, 5.74) is 2.11. The van der Waals surface area contributed by atoms with Crippen LogP contribution in [-0.4, -0.2) is 10.2 Å². The van der Waals surface area contributed by atoms with Gasteiger partial charge >= 0.3 is 0 Å². The molecule has 0 atom stereocenters. The molecule has 2 aromatic carbocycles. The van der Waals surface area contributed by atoms with Crippen molar-refractivity contribution in [3.63, 3.8) is 0 Å². The molecule has 0 unspecified atom stereocenters. The minimum atomic E-state index is -0.142. The van der Waals surface area contributed by atoms with Crippen molar-refractivity contribution < 1.29 is 9.53 Å². The predicted octanol–water partition coefficient (Wildman–Crippen LogP) is 5.09. The van der Waals surface area contributed by atoms with E-state index in [2.05, 4.69) is 25.2 Å². The van der Waals surface area contributed by atoms with Crippen LogP contribution >= 0.6 is 24.0 Å². The van der Waals surface area contributed by atoms with Gasteiger partial charge in [-0.05, 0) is 41.3 Å². The molecule has 3 nitrogen and oxygen atoms in total. The lowest BCUT2D eigenvalue weighted by molar-refractivity contribution is -0.115. The Balaban J connectivity index is 1.77. The van der Waals surface area contributed by atoms with Gasteiger partial charge in [-0.1, -0.05) is 68.2 Å². The summed E-state index contributed by atoms with van der Waals surface area (Å²) in [5, 5.41) is 2.61. The van der Waals surface area contributed by atoms with Crippen LogP contribution in [0.4, 0.5) is 0 Å². The summed E-state index contributed by atoms with van der Waals surface area (Å²) in [6.45, 7) is 4.29. The second-order valence-corrected chi connectivity index (χ2v) is 7.43. The van der Waals surface area contributed by atoms with E-state index in [1.165, 1.54) is 17.3 Å². The Labute approximate surface area is 151 Å². The van der Waals surface area contributed by atoms with Crippen LogP contribution in [0, 0.1) is 0 Å². The lowest BCUT2D eigenvalue weighted by Gasteiger charge is -2.13. The molecule has 1 aliphatic rings. The molecule has 3 rings (SSSR count). The van der Waals surface area contributed by atoms with E-state index in [0.717, 1.165) is 17.1 Å². The maximum atomic E-state index is 11.7. The molecule has 0 saturated carbocycles. The molecule has 1 fully saturated rings. The smallest absolute Gasteiger partial charge is 0.263 e. The van der Waals surface area contributed by atoms with Crippen molar-refractivity contribution >= 4 is 40.3 Å². The van der Waals surface area contributed by atoms with E-state index >= 15 is 0 Å². The molecular formula is C19H17NO2S2. The van der Waals surface area contributed by atoms with Crippen LogP contribution in [-0.2, 0) is 4.79 Å². The predicted molar refractivity (Wildman–Crippen MR) is 103 cm³/mol. The first kappa shape index (κ1) is 16.7. The van der Waals surface area contributed by atoms with E-state index in [1.54, 1.807) is 0 Å². The number of thioether (sulfide) groups is 1. The molecule has 1 amide bonds. The number of thiocarbonyl (C=S) groups is 1. The molecule has 0 aromatic heterocycles. The number of carbonyl (C=O) groups excluding carboxylic acids is 1. The number of benzene rings is 2. The average Bonchev–Trinajstić information content (AvgIpc) is 2.87. The summed E-state index contributed by atoms with van der Waals surface area (Å²) >= 11 is 6.27. The number of amides is 1. The van der Waals surface area contributed by atoms with Gasteiger partial charge in [0.2, 0.25) is 0 Å². The summed E-state index contributed by atoms with van der Waals surface area (Å²) in [6.07, 6.45) is 1.82. The maximum Gasteiger partial charge on any atom is 0.263 e. The highest BCUT2D eigenvalue weighted by molar-refractivity contribution is 8.26. The third kappa shape index (κ3) is 3.86. The molecule has 0 aliphatic carbocycles. The van der Waals surface area contributed by atoms with Crippen LogP contribution < -0.4 is 10.1 Å². The fraction of sp³-hybridized carbons (Fsp3) is 0.158. The van der Waals surface area contributed by atoms with Crippen molar-refractivity contribution in [3.05, 3.63) is 64.6 Å². The summed E-state index contributed by atoms with van der Waals surface area (Å²) in [6, 6.07) is 15.7. The fourth-order valence-electron chi connectivity index (χ4n) is 2.38. The Bertz CT molecular complexity index is 810. The first-order valence-electron chi connectivity index (χ1n) is 7.64. The summed E-state index contributed by atoms with van der Waals surface area (Å²) in [5.74, 6) is 1.89. The van der Waals surface area contributed by atoms with Crippen LogP contribution in [0.15, 0.2) is 53.4 Å². The van der Waals surface area contributed by atoms with E-state index in [1.807, 2.05) is 48.5 Å². The lowest BCUT2D eigenvalue weighted by Crippen LogP contribution is -2.17. The zero-order chi connectivity index (χ0) is 17.1. The first-order valence-corrected chi connectivity index (χ1v) is 8.87. The molecular weight excluding hydrogens is 338 g/mol. The number of hydrogen-bond acceptors (Lipinski definition) is 4. The van der Waals surface area contributed by atoms with Gasteiger partial charge in [-0.15, -0.1) is 0 Å². The van der Waals surface area contributed by atoms with Crippen molar-refractivity contribution in [1.82, 2.24) is 5.32 Å². The van der Waals surface area contributed by atoms with Crippen molar-refractivity contribution in [2.24, 2.45) is 0 Å². The number of hydrogen-bond donors (Lipinski definition) is 1. The van der Waals surface area contributed by atoms with E-state index < -0.39 is 0 Å².